The maximum atomic E-state index is 12.1. The number of hydrogen-bond acceptors (Lipinski definition) is 3. The summed E-state index contributed by atoms with van der Waals surface area (Å²) in [4.78, 5) is 23.8. The fraction of sp³-hybridized carbons (Fsp3) is 0.500. The number of benzene rings is 1. The highest BCUT2D eigenvalue weighted by Crippen LogP contribution is 2.30. The molecule has 1 saturated carbocycles. The summed E-state index contributed by atoms with van der Waals surface area (Å²) in [7, 11) is 0. The number of hydrogen-bond donors (Lipinski definition) is 3. The van der Waals surface area contributed by atoms with Crippen LogP contribution in [0.5, 0.6) is 0 Å². The quantitative estimate of drug-likeness (QED) is 0.793. The number of rotatable bonds is 4. The lowest BCUT2D eigenvalue weighted by Gasteiger charge is -2.21. The topological polar surface area (TPSA) is 70.2 Å². The fourth-order valence-electron chi connectivity index (χ4n) is 2.55. The molecule has 2 fully saturated rings. The standard InChI is InChI=1S/C16H21N3O2/c20-15(11-3-4-11)18-13-5-7-14(8-6-13)19-16(21)12-2-1-9-17-10-12/h5-8,11-12,17H,1-4,9-10H2,(H,18,20)(H,19,21)/t12-/m1/s1. The van der Waals surface area contributed by atoms with Crippen LogP contribution in [-0.2, 0) is 9.59 Å². The van der Waals surface area contributed by atoms with E-state index < -0.39 is 0 Å². The molecule has 1 aromatic rings. The normalized spacial score (nSPS) is 21.6. The molecule has 112 valence electrons. The van der Waals surface area contributed by atoms with Crippen LogP contribution < -0.4 is 16.0 Å². The molecule has 1 aliphatic carbocycles. The Balaban J connectivity index is 1.53. The van der Waals surface area contributed by atoms with Crippen molar-refractivity contribution in [2.45, 2.75) is 25.7 Å². The van der Waals surface area contributed by atoms with Crippen LogP contribution in [0.2, 0.25) is 0 Å². The third-order valence-corrected chi connectivity index (χ3v) is 4.04. The molecule has 5 heteroatoms. The smallest absolute Gasteiger partial charge is 0.228 e. The second-order valence-corrected chi connectivity index (χ2v) is 5.87. The average Bonchev–Trinajstić information content (AvgIpc) is 3.35. The molecule has 0 radical (unpaired) electrons. The van der Waals surface area contributed by atoms with E-state index >= 15 is 0 Å². The van der Waals surface area contributed by atoms with Gasteiger partial charge in [-0.05, 0) is 56.5 Å². The molecule has 1 saturated heterocycles. The molecule has 3 N–H and O–H groups in total. The first-order valence-corrected chi connectivity index (χ1v) is 7.65. The van der Waals surface area contributed by atoms with Crippen molar-refractivity contribution in [3.63, 3.8) is 0 Å². The van der Waals surface area contributed by atoms with Crippen molar-refractivity contribution >= 4 is 23.2 Å². The van der Waals surface area contributed by atoms with Crippen molar-refractivity contribution in [3.8, 4) is 0 Å². The number of piperidine rings is 1. The third kappa shape index (κ3) is 3.82. The van der Waals surface area contributed by atoms with E-state index in [1.807, 2.05) is 24.3 Å². The van der Waals surface area contributed by atoms with Gasteiger partial charge in [-0.25, -0.2) is 0 Å². The molecule has 3 rings (SSSR count). The van der Waals surface area contributed by atoms with Crippen LogP contribution in [0.1, 0.15) is 25.7 Å². The number of carbonyl (C=O) groups is 2. The summed E-state index contributed by atoms with van der Waals surface area (Å²) >= 11 is 0. The van der Waals surface area contributed by atoms with E-state index in [9.17, 15) is 9.59 Å². The molecular weight excluding hydrogens is 266 g/mol. The molecule has 1 atom stereocenters. The number of anilines is 2. The van der Waals surface area contributed by atoms with Crippen molar-refractivity contribution in [2.24, 2.45) is 11.8 Å². The summed E-state index contributed by atoms with van der Waals surface area (Å²) in [6.45, 7) is 1.75. The molecule has 1 aromatic carbocycles. The van der Waals surface area contributed by atoms with Crippen LogP contribution in [0.15, 0.2) is 24.3 Å². The summed E-state index contributed by atoms with van der Waals surface area (Å²) in [5, 5.41) is 9.06. The van der Waals surface area contributed by atoms with Gasteiger partial charge in [-0.1, -0.05) is 0 Å². The molecule has 0 aromatic heterocycles. The van der Waals surface area contributed by atoms with E-state index in [4.69, 9.17) is 0 Å². The van der Waals surface area contributed by atoms with Gasteiger partial charge in [0.15, 0.2) is 0 Å². The fourth-order valence-corrected chi connectivity index (χ4v) is 2.55. The van der Waals surface area contributed by atoms with Crippen molar-refractivity contribution in [2.75, 3.05) is 23.7 Å². The molecule has 2 aliphatic rings. The average molecular weight is 287 g/mol. The largest absolute Gasteiger partial charge is 0.326 e. The maximum absolute atomic E-state index is 12.1. The molecule has 5 nitrogen and oxygen atoms in total. The van der Waals surface area contributed by atoms with Crippen molar-refractivity contribution in [3.05, 3.63) is 24.3 Å². The first-order valence-electron chi connectivity index (χ1n) is 7.65. The first kappa shape index (κ1) is 14.1. The van der Waals surface area contributed by atoms with Gasteiger partial charge in [0.25, 0.3) is 0 Å². The minimum Gasteiger partial charge on any atom is -0.326 e. The van der Waals surface area contributed by atoms with Gasteiger partial charge in [-0.2, -0.15) is 0 Å². The lowest BCUT2D eigenvalue weighted by molar-refractivity contribution is -0.120. The van der Waals surface area contributed by atoms with Crippen molar-refractivity contribution in [1.29, 1.82) is 0 Å². The highest BCUT2D eigenvalue weighted by atomic mass is 16.2. The van der Waals surface area contributed by atoms with Gasteiger partial charge in [-0.3, -0.25) is 9.59 Å². The van der Waals surface area contributed by atoms with Crippen molar-refractivity contribution < 1.29 is 9.59 Å². The predicted octanol–water partition coefficient (Wildman–Crippen LogP) is 1.97. The molecule has 0 bridgehead atoms. The van der Waals surface area contributed by atoms with Crippen LogP contribution in [0.25, 0.3) is 0 Å². The molecule has 21 heavy (non-hydrogen) atoms. The first-order chi connectivity index (χ1) is 10.2. The van der Waals surface area contributed by atoms with E-state index in [2.05, 4.69) is 16.0 Å². The van der Waals surface area contributed by atoms with Gasteiger partial charge in [0.05, 0.1) is 5.92 Å². The Morgan fingerprint density at radius 1 is 0.905 bits per heavy atom. The van der Waals surface area contributed by atoms with E-state index in [1.165, 1.54) is 0 Å². The summed E-state index contributed by atoms with van der Waals surface area (Å²) in [6, 6.07) is 7.32. The van der Waals surface area contributed by atoms with Gasteiger partial charge in [0.2, 0.25) is 11.8 Å². The zero-order valence-corrected chi connectivity index (χ0v) is 12.0. The molecular formula is C16H21N3O2. The summed E-state index contributed by atoms with van der Waals surface area (Å²) in [6.07, 6.45) is 3.98. The van der Waals surface area contributed by atoms with Crippen LogP contribution in [0.3, 0.4) is 0 Å². The van der Waals surface area contributed by atoms with Gasteiger partial charge in [0.1, 0.15) is 0 Å². The number of carbonyl (C=O) groups excluding carboxylic acids is 2. The van der Waals surface area contributed by atoms with Crippen LogP contribution in [0.4, 0.5) is 11.4 Å². The Hall–Kier alpha value is -1.88. The highest BCUT2D eigenvalue weighted by Gasteiger charge is 2.29. The minimum absolute atomic E-state index is 0.0491. The molecule has 2 amide bonds. The lowest BCUT2D eigenvalue weighted by atomic mass is 9.99. The number of amides is 2. The number of nitrogens with one attached hydrogen (secondary N) is 3. The summed E-state index contributed by atoms with van der Waals surface area (Å²) < 4.78 is 0. The molecule has 1 aliphatic heterocycles. The lowest BCUT2D eigenvalue weighted by Crippen LogP contribution is -2.37. The zero-order chi connectivity index (χ0) is 14.7. The molecule has 1 heterocycles. The monoisotopic (exact) mass is 287 g/mol. The van der Waals surface area contributed by atoms with Gasteiger partial charge in [-0.15, -0.1) is 0 Å². The third-order valence-electron chi connectivity index (χ3n) is 4.04. The molecule has 0 spiro atoms. The van der Waals surface area contributed by atoms with Gasteiger partial charge < -0.3 is 16.0 Å². The van der Waals surface area contributed by atoms with Gasteiger partial charge >= 0.3 is 0 Å². The Morgan fingerprint density at radius 2 is 1.48 bits per heavy atom. The second-order valence-electron chi connectivity index (χ2n) is 5.87. The summed E-state index contributed by atoms with van der Waals surface area (Å²) in [5.41, 5.74) is 1.55. The van der Waals surface area contributed by atoms with Crippen molar-refractivity contribution in [1.82, 2.24) is 5.32 Å². The Labute approximate surface area is 124 Å². The summed E-state index contributed by atoms with van der Waals surface area (Å²) in [5.74, 6) is 0.410. The van der Waals surface area contributed by atoms with Crippen LogP contribution in [-0.4, -0.2) is 24.9 Å². The van der Waals surface area contributed by atoms with E-state index in [1.54, 1.807) is 0 Å². The Kier molecular flexibility index (Phi) is 4.20. The van der Waals surface area contributed by atoms with Crippen LogP contribution >= 0.6 is 0 Å². The highest BCUT2D eigenvalue weighted by molar-refractivity contribution is 5.95. The molecule has 0 unspecified atom stereocenters. The SMILES string of the molecule is O=C(Nc1ccc(NC(=O)[C@@H]2CCCNC2)cc1)C1CC1. The Morgan fingerprint density at radius 3 is 1.95 bits per heavy atom. The Bertz CT molecular complexity index is 517. The maximum Gasteiger partial charge on any atom is 0.228 e. The van der Waals surface area contributed by atoms with Gasteiger partial charge in [0, 0.05) is 23.8 Å². The zero-order valence-electron chi connectivity index (χ0n) is 12.0. The van der Waals surface area contributed by atoms with E-state index in [-0.39, 0.29) is 23.7 Å². The van der Waals surface area contributed by atoms with Crippen LogP contribution in [0, 0.1) is 11.8 Å². The minimum atomic E-state index is 0.0491. The predicted molar refractivity (Wildman–Crippen MR) is 82.0 cm³/mol. The van der Waals surface area contributed by atoms with E-state index in [0.717, 1.165) is 50.1 Å². The second kappa shape index (κ2) is 6.26. The van der Waals surface area contributed by atoms with E-state index in [0.29, 0.717) is 0 Å².